The molecule has 0 saturated carbocycles. The van der Waals surface area contributed by atoms with Gasteiger partial charge in [-0.1, -0.05) is 23.8 Å². The van der Waals surface area contributed by atoms with Crippen LogP contribution in [0.1, 0.15) is 49.7 Å². The third-order valence-electron chi connectivity index (χ3n) is 5.13. The molecule has 0 unspecified atom stereocenters. The monoisotopic (exact) mass is 361 g/mol. The molecule has 0 spiro atoms. The lowest BCUT2D eigenvalue weighted by Crippen LogP contribution is -2.24. The molecule has 2 heterocycles. The van der Waals surface area contributed by atoms with E-state index in [2.05, 4.69) is 47.8 Å². The molecule has 0 fully saturated rings. The van der Waals surface area contributed by atoms with Crippen LogP contribution in [0.5, 0.6) is 0 Å². The van der Waals surface area contributed by atoms with Crippen molar-refractivity contribution < 1.29 is 4.79 Å². The van der Waals surface area contributed by atoms with Crippen LogP contribution in [0.2, 0.25) is 0 Å². The lowest BCUT2D eigenvalue weighted by molar-refractivity contribution is 0.0950. The van der Waals surface area contributed by atoms with E-state index in [1.807, 2.05) is 38.1 Å². The molecule has 4 heteroatoms. The van der Waals surface area contributed by atoms with Crippen molar-refractivity contribution >= 4 is 5.91 Å². The number of carbonyl (C=O) groups excluding carboxylic acids is 1. The minimum Gasteiger partial charge on any atom is -0.348 e. The summed E-state index contributed by atoms with van der Waals surface area (Å²) in [5.74, 6) is -0.0326. The topological polar surface area (TPSA) is 46.9 Å². The van der Waals surface area contributed by atoms with Crippen molar-refractivity contribution in [3.8, 4) is 0 Å². The van der Waals surface area contributed by atoms with Crippen molar-refractivity contribution in [3.05, 3.63) is 87.5 Å². The molecule has 0 aliphatic heterocycles. The average Bonchev–Trinajstić information content (AvgIpc) is 2.90. The van der Waals surface area contributed by atoms with Gasteiger partial charge in [0.05, 0.1) is 17.8 Å². The summed E-state index contributed by atoms with van der Waals surface area (Å²) in [6.45, 7) is 11.5. The first kappa shape index (κ1) is 18.9. The normalized spacial score (nSPS) is 10.9. The van der Waals surface area contributed by atoms with Crippen molar-refractivity contribution in [1.29, 1.82) is 0 Å². The molecule has 27 heavy (non-hydrogen) atoms. The Morgan fingerprint density at radius 3 is 2.37 bits per heavy atom. The number of aryl methyl sites for hydroxylation is 4. The Hall–Kier alpha value is -2.88. The molecular formula is C23H27N3O. The first-order chi connectivity index (χ1) is 12.9. The quantitative estimate of drug-likeness (QED) is 0.732. The number of carbonyl (C=O) groups is 1. The number of hydrogen-bond donors (Lipinski definition) is 1. The molecule has 0 aliphatic rings. The number of nitrogens with zero attached hydrogens (tertiary/aromatic N) is 2. The third-order valence-corrected chi connectivity index (χ3v) is 5.13. The standard InChI is InChI=1S/C23H27N3O/c1-15-10-16(2)22(17(3)11-15)13-25-23(27)21-12-18(4)26(19(21)5)14-20-8-6-7-9-24-20/h6-12H,13-14H2,1-5H3,(H,25,27). The average molecular weight is 361 g/mol. The van der Waals surface area contributed by atoms with E-state index in [1.54, 1.807) is 6.20 Å². The fourth-order valence-corrected chi connectivity index (χ4v) is 3.68. The number of rotatable bonds is 5. The molecule has 4 nitrogen and oxygen atoms in total. The summed E-state index contributed by atoms with van der Waals surface area (Å²) in [7, 11) is 0. The van der Waals surface area contributed by atoms with Gasteiger partial charge in [0, 0.05) is 24.1 Å². The minimum atomic E-state index is -0.0326. The van der Waals surface area contributed by atoms with E-state index in [4.69, 9.17) is 0 Å². The van der Waals surface area contributed by atoms with Crippen molar-refractivity contribution in [2.75, 3.05) is 0 Å². The van der Waals surface area contributed by atoms with Crippen LogP contribution in [0.25, 0.3) is 0 Å². The van der Waals surface area contributed by atoms with Gasteiger partial charge in [-0.2, -0.15) is 0 Å². The number of amides is 1. The second kappa shape index (κ2) is 7.78. The van der Waals surface area contributed by atoms with Crippen LogP contribution in [-0.2, 0) is 13.1 Å². The lowest BCUT2D eigenvalue weighted by atomic mass is 10.00. The van der Waals surface area contributed by atoms with E-state index in [0.717, 1.165) is 22.6 Å². The number of benzene rings is 1. The summed E-state index contributed by atoms with van der Waals surface area (Å²) in [4.78, 5) is 17.2. The van der Waals surface area contributed by atoms with Gasteiger partial charge in [-0.3, -0.25) is 9.78 Å². The molecule has 0 saturated heterocycles. The van der Waals surface area contributed by atoms with Gasteiger partial charge in [0.1, 0.15) is 0 Å². The van der Waals surface area contributed by atoms with Gasteiger partial charge in [-0.25, -0.2) is 0 Å². The zero-order valence-corrected chi connectivity index (χ0v) is 16.8. The van der Waals surface area contributed by atoms with Gasteiger partial charge < -0.3 is 9.88 Å². The van der Waals surface area contributed by atoms with Gasteiger partial charge >= 0.3 is 0 Å². The molecule has 3 aromatic rings. The van der Waals surface area contributed by atoms with Crippen LogP contribution in [0.3, 0.4) is 0 Å². The maximum atomic E-state index is 12.8. The van der Waals surface area contributed by atoms with Crippen molar-refractivity contribution in [1.82, 2.24) is 14.9 Å². The molecule has 0 bridgehead atoms. The summed E-state index contributed by atoms with van der Waals surface area (Å²) in [5, 5.41) is 3.09. The molecule has 1 N–H and O–H groups in total. The highest BCUT2D eigenvalue weighted by Gasteiger charge is 2.16. The van der Waals surface area contributed by atoms with Crippen LogP contribution in [0.15, 0.2) is 42.6 Å². The Labute approximate surface area is 161 Å². The summed E-state index contributed by atoms with van der Waals surface area (Å²) in [5.41, 5.74) is 8.61. The number of nitrogens with one attached hydrogen (secondary N) is 1. The summed E-state index contributed by atoms with van der Waals surface area (Å²) >= 11 is 0. The molecule has 1 amide bonds. The van der Waals surface area contributed by atoms with Crippen LogP contribution in [-0.4, -0.2) is 15.5 Å². The van der Waals surface area contributed by atoms with E-state index in [1.165, 1.54) is 22.3 Å². The first-order valence-electron chi connectivity index (χ1n) is 9.28. The van der Waals surface area contributed by atoms with Crippen molar-refractivity contribution in [3.63, 3.8) is 0 Å². The highest BCUT2D eigenvalue weighted by Crippen LogP contribution is 2.19. The molecule has 0 aliphatic carbocycles. The smallest absolute Gasteiger partial charge is 0.253 e. The largest absolute Gasteiger partial charge is 0.348 e. The third kappa shape index (κ3) is 4.11. The predicted octanol–water partition coefficient (Wildman–Crippen LogP) is 4.40. The summed E-state index contributed by atoms with van der Waals surface area (Å²) < 4.78 is 2.14. The molecule has 3 rings (SSSR count). The number of pyridine rings is 1. The fraction of sp³-hybridized carbons (Fsp3) is 0.304. The lowest BCUT2D eigenvalue weighted by Gasteiger charge is -2.13. The second-order valence-corrected chi connectivity index (χ2v) is 7.25. The second-order valence-electron chi connectivity index (χ2n) is 7.25. The van der Waals surface area contributed by atoms with Crippen LogP contribution in [0, 0.1) is 34.6 Å². The summed E-state index contributed by atoms with van der Waals surface area (Å²) in [6.07, 6.45) is 1.80. The molecule has 2 aromatic heterocycles. The van der Waals surface area contributed by atoms with Gasteiger partial charge in [0.25, 0.3) is 5.91 Å². The Bertz CT molecular complexity index is 948. The number of hydrogen-bond acceptors (Lipinski definition) is 2. The van der Waals surface area contributed by atoms with Crippen molar-refractivity contribution in [2.45, 2.75) is 47.7 Å². The fourth-order valence-electron chi connectivity index (χ4n) is 3.68. The van der Waals surface area contributed by atoms with Crippen LogP contribution >= 0.6 is 0 Å². The molecule has 1 aromatic carbocycles. The number of aromatic nitrogens is 2. The highest BCUT2D eigenvalue weighted by atomic mass is 16.1. The van der Waals surface area contributed by atoms with Gasteiger partial charge in [-0.15, -0.1) is 0 Å². The van der Waals surface area contributed by atoms with E-state index >= 15 is 0 Å². The Balaban J connectivity index is 1.77. The molecular weight excluding hydrogens is 334 g/mol. The maximum Gasteiger partial charge on any atom is 0.253 e. The van der Waals surface area contributed by atoms with E-state index in [9.17, 15) is 4.79 Å². The van der Waals surface area contributed by atoms with Crippen LogP contribution < -0.4 is 5.32 Å². The van der Waals surface area contributed by atoms with Gasteiger partial charge in [0.2, 0.25) is 0 Å². The van der Waals surface area contributed by atoms with E-state index in [0.29, 0.717) is 13.1 Å². The van der Waals surface area contributed by atoms with Crippen molar-refractivity contribution in [2.24, 2.45) is 0 Å². The minimum absolute atomic E-state index is 0.0326. The predicted molar refractivity (Wildman–Crippen MR) is 109 cm³/mol. The van der Waals surface area contributed by atoms with E-state index < -0.39 is 0 Å². The Morgan fingerprint density at radius 2 is 1.74 bits per heavy atom. The Morgan fingerprint density at radius 1 is 1.04 bits per heavy atom. The zero-order valence-electron chi connectivity index (χ0n) is 16.8. The highest BCUT2D eigenvalue weighted by molar-refractivity contribution is 5.95. The zero-order chi connectivity index (χ0) is 19.6. The van der Waals surface area contributed by atoms with Crippen LogP contribution in [0.4, 0.5) is 0 Å². The van der Waals surface area contributed by atoms with Gasteiger partial charge in [0.15, 0.2) is 0 Å². The summed E-state index contributed by atoms with van der Waals surface area (Å²) in [6, 6.07) is 12.2. The van der Waals surface area contributed by atoms with E-state index in [-0.39, 0.29) is 5.91 Å². The molecule has 0 atom stereocenters. The first-order valence-corrected chi connectivity index (χ1v) is 9.28. The SMILES string of the molecule is Cc1cc(C)c(CNC(=O)c2cc(C)n(Cc3ccccn3)c2C)c(C)c1. The maximum absolute atomic E-state index is 12.8. The molecule has 140 valence electrons. The van der Waals surface area contributed by atoms with Gasteiger partial charge in [-0.05, 0) is 69.5 Å². The molecule has 0 radical (unpaired) electrons. The Kier molecular flexibility index (Phi) is 5.45.